The Morgan fingerprint density at radius 1 is 1.30 bits per heavy atom. The van der Waals surface area contributed by atoms with Crippen LogP contribution in [0.15, 0.2) is 23.1 Å². The molecule has 1 aromatic rings. The third-order valence-corrected chi connectivity index (χ3v) is 6.19. The van der Waals surface area contributed by atoms with Crippen LogP contribution in [0.5, 0.6) is 5.75 Å². The molecule has 1 fully saturated rings. The number of nitro benzene ring substituents is 1. The van der Waals surface area contributed by atoms with Crippen molar-refractivity contribution in [1.29, 1.82) is 0 Å². The molecule has 0 unspecified atom stereocenters. The molecule has 7 nitrogen and oxygen atoms in total. The van der Waals surface area contributed by atoms with E-state index in [-0.39, 0.29) is 28.3 Å². The first kappa shape index (κ1) is 17.7. The number of ether oxygens (including phenoxy) is 1. The van der Waals surface area contributed by atoms with Gasteiger partial charge in [-0.25, -0.2) is 13.1 Å². The molecular weight excluding hydrogens is 320 g/mol. The summed E-state index contributed by atoms with van der Waals surface area (Å²) in [6, 6.07) is 3.38. The van der Waals surface area contributed by atoms with Crippen LogP contribution in [0.4, 0.5) is 5.69 Å². The molecule has 3 atom stereocenters. The number of sulfonamides is 1. The number of benzene rings is 1. The number of methoxy groups -OCH3 is 1. The maximum Gasteiger partial charge on any atom is 0.273 e. The average Bonchev–Trinajstić information content (AvgIpc) is 2.51. The third kappa shape index (κ3) is 3.81. The molecule has 23 heavy (non-hydrogen) atoms. The van der Waals surface area contributed by atoms with E-state index in [0.29, 0.717) is 5.92 Å². The molecule has 0 saturated heterocycles. The SMILES string of the molecule is COc1cc([N+](=O)[O-])ccc1S(=O)(=O)N[C@@H]1CCC[C@@H](C)[C@@H]1C. The van der Waals surface area contributed by atoms with Gasteiger partial charge < -0.3 is 4.74 Å². The van der Waals surface area contributed by atoms with Crippen LogP contribution in [-0.2, 0) is 10.0 Å². The normalized spacial score (nSPS) is 25.1. The van der Waals surface area contributed by atoms with E-state index in [1.165, 1.54) is 19.2 Å². The molecule has 1 aliphatic carbocycles. The first-order valence-electron chi connectivity index (χ1n) is 7.61. The van der Waals surface area contributed by atoms with Crippen molar-refractivity contribution < 1.29 is 18.1 Å². The van der Waals surface area contributed by atoms with Crippen LogP contribution >= 0.6 is 0 Å². The number of nitrogens with zero attached hydrogens (tertiary/aromatic N) is 1. The molecule has 8 heteroatoms. The smallest absolute Gasteiger partial charge is 0.273 e. The Bertz CT molecular complexity index is 689. The maximum absolute atomic E-state index is 12.7. The Balaban J connectivity index is 2.30. The van der Waals surface area contributed by atoms with Crippen LogP contribution in [0.2, 0.25) is 0 Å². The largest absolute Gasteiger partial charge is 0.495 e. The van der Waals surface area contributed by atoms with E-state index in [2.05, 4.69) is 11.6 Å². The standard InChI is InChI=1S/C15H22N2O5S/c1-10-5-4-6-13(11(10)2)16-23(20,21)15-8-7-12(17(18)19)9-14(15)22-3/h7-11,13,16H,4-6H2,1-3H3/t10-,11+,13-/m1/s1. The Morgan fingerprint density at radius 2 is 2.00 bits per heavy atom. The van der Waals surface area contributed by atoms with Crippen molar-refractivity contribution >= 4 is 15.7 Å². The molecular formula is C15H22N2O5S. The molecule has 0 aliphatic heterocycles. The second-order valence-corrected chi connectivity index (χ2v) is 7.77. The Morgan fingerprint density at radius 3 is 2.61 bits per heavy atom. The zero-order valence-corrected chi connectivity index (χ0v) is 14.3. The van der Waals surface area contributed by atoms with Crippen molar-refractivity contribution in [3.8, 4) is 5.75 Å². The van der Waals surface area contributed by atoms with Crippen molar-refractivity contribution in [3.05, 3.63) is 28.3 Å². The van der Waals surface area contributed by atoms with Gasteiger partial charge in [0.25, 0.3) is 5.69 Å². The van der Waals surface area contributed by atoms with Gasteiger partial charge in [0, 0.05) is 12.1 Å². The van der Waals surface area contributed by atoms with Gasteiger partial charge >= 0.3 is 0 Å². The van der Waals surface area contributed by atoms with Crippen molar-refractivity contribution in [2.24, 2.45) is 11.8 Å². The molecule has 128 valence electrons. The van der Waals surface area contributed by atoms with Crippen molar-refractivity contribution in [2.45, 2.75) is 44.0 Å². The van der Waals surface area contributed by atoms with E-state index in [0.717, 1.165) is 25.3 Å². The van der Waals surface area contributed by atoms with Crippen LogP contribution in [-0.4, -0.2) is 26.5 Å². The van der Waals surface area contributed by atoms with Gasteiger partial charge in [-0.05, 0) is 24.3 Å². The number of non-ortho nitro benzene ring substituents is 1. The predicted molar refractivity (Wildman–Crippen MR) is 85.9 cm³/mol. The molecule has 1 aliphatic rings. The first-order chi connectivity index (χ1) is 10.8. The molecule has 1 aromatic carbocycles. The molecule has 0 amide bonds. The van der Waals surface area contributed by atoms with Crippen molar-refractivity contribution in [3.63, 3.8) is 0 Å². The van der Waals surface area contributed by atoms with Gasteiger partial charge in [-0.3, -0.25) is 10.1 Å². The fourth-order valence-corrected chi connectivity index (χ4v) is 4.52. The highest BCUT2D eigenvalue weighted by Gasteiger charge is 2.32. The molecule has 0 aromatic heterocycles. The first-order valence-corrected chi connectivity index (χ1v) is 9.09. The molecule has 2 rings (SSSR count). The van der Waals surface area contributed by atoms with Gasteiger partial charge in [0.15, 0.2) is 0 Å². The summed E-state index contributed by atoms with van der Waals surface area (Å²) in [5, 5.41) is 10.8. The Kier molecular flexibility index (Phi) is 5.26. The van der Waals surface area contributed by atoms with Crippen LogP contribution in [0.1, 0.15) is 33.1 Å². The minimum absolute atomic E-state index is 0.0248. The van der Waals surface area contributed by atoms with Crippen LogP contribution in [0.3, 0.4) is 0 Å². The van der Waals surface area contributed by atoms with Gasteiger partial charge in [0.1, 0.15) is 10.6 Å². The highest BCUT2D eigenvalue weighted by atomic mass is 32.2. The summed E-state index contributed by atoms with van der Waals surface area (Å²) in [6.45, 7) is 4.17. The van der Waals surface area contributed by atoms with E-state index in [1.54, 1.807) is 0 Å². The van der Waals surface area contributed by atoms with Crippen molar-refractivity contribution in [1.82, 2.24) is 4.72 Å². The summed E-state index contributed by atoms with van der Waals surface area (Å²) in [5.41, 5.74) is -0.208. The van der Waals surface area contributed by atoms with Gasteiger partial charge in [-0.2, -0.15) is 0 Å². The van der Waals surface area contributed by atoms with E-state index in [4.69, 9.17) is 4.74 Å². The second kappa shape index (κ2) is 6.84. The van der Waals surface area contributed by atoms with Crippen molar-refractivity contribution in [2.75, 3.05) is 7.11 Å². The Labute approximate surface area is 136 Å². The molecule has 0 heterocycles. The van der Waals surface area contributed by atoms with Gasteiger partial charge in [-0.15, -0.1) is 0 Å². The molecule has 0 radical (unpaired) electrons. The fraction of sp³-hybridized carbons (Fsp3) is 0.600. The topological polar surface area (TPSA) is 98.5 Å². The summed E-state index contributed by atoms with van der Waals surface area (Å²) in [6.07, 6.45) is 2.87. The lowest BCUT2D eigenvalue weighted by Gasteiger charge is -2.34. The molecule has 0 spiro atoms. The average molecular weight is 342 g/mol. The zero-order valence-electron chi connectivity index (χ0n) is 13.5. The fourth-order valence-electron chi connectivity index (χ4n) is 3.00. The summed E-state index contributed by atoms with van der Waals surface area (Å²) >= 11 is 0. The summed E-state index contributed by atoms with van der Waals surface area (Å²) in [4.78, 5) is 10.2. The summed E-state index contributed by atoms with van der Waals surface area (Å²) in [7, 11) is -2.50. The lowest BCUT2D eigenvalue weighted by molar-refractivity contribution is -0.385. The van der Waals surface area contributed by atoms with Gasteiger partial charge in [-0.1, -0.05) is 26.7 Å². The maximum atomic E-state index is 12.7. The van der Waals surface area contributed by atoms with Crippen LogP contribution < -0.4 is 9.46 Å². The zero-order chi connectivity index (χ0) is 17.2. The second-order valence-electron chi connectivity index (χ2n) is 6.09. The Hall–Kier alpha value is -1.67. The third-order valence-electron chi connectivity index (χ3n) is 4.66. The minimum atomic E-state index is -3.80. The highest BCUT2D eigenvalue weighted by Crippen LogP contribution is 2.32. The number of nitro groups is 1. The molecule has 1 saturated carbocycles. The van der Waals surface area contributed by atoms with E-state index in [1.807, 2.05) is 6.92 Å². The number of rotatable bonds is 5. The lowest BCUT2D eigenvalue weighted by Crippen LogP contribution is -2.43. The number of hydrogen-bond acceptors (Lipinski definition) is 5. The minimum Gasteiger partial charge on any atom is -0.495 e. The van der Waals surface area contributed by atoms with E-state index < -0.39 is 14.9 Å². The summed E-state index contributed by atoms with van der Waals surface area (Å²) in [5.74, 6) is 0.668. The van der Waals surface area contributed by atoms with Crippen LogP contribution in [0.25, 0.3) is 0 Å². The lowest BCUT2D eigenvalue weighted by atomic mass is 9.78. The summed E-state index contributed by atoms with van der Waals surface area (Å²) < 4.78 is 33.1. The molecule has 0 bridgehead atoms. The van der Waals surface area contributed by atoms with Gasteiger partial charge in [0.2, 0.25) is 10.0 Å². The molecule has 1 N–H and O–H groups in total. The van der Waals surface area contributed by atoms with E-state index >= 15 is 0 Å². The number of hydrogen-bond donors (Lipinski definition) is 1. The van der Waals surface area contributed by atoms with E-state index in [9.17, 15) is 18.5 Å². The predicted octanol–water partition coefficient (Wildman–Crippen LogP) is 2.71. The number of nitrogens with one attached hydrogen (secondary N) is 1. The highest BCUT2D eigenvalue weighted by molar-refractivity contribution is 7.89. The van der Waals surface area contributed by atoms with Gasteiger partial charge in [0.05, 0.1) is 18.1 Å². The quantitative estimate of drug-likeness (QED) is 0.655. The monoisotopic (exact) mass is 342 g/mol. The van der Waals surface area contributed by atoms with Crippen LogP contribution in [0, 0.1) is 22.0 Å².